The van der Waals surface area contributed by atoms with Crippen LogP contribution in [0, 0.1) is 11.8 Å². The number of hydrogen-bond acceptors (Lipinski definition) is 3. The van der Waals surface area contributed by atoms with Crippen molar-refractivity contribution in [2.24, 2.45) is 11.8 Å². The first-order valence-corrected chi connectivity index (χ1v) is 7.14. The Morgan fingerprint density at radius 3 is 2.82 bits per heavy atom. The molecule has 1 aliphatic carbocycles. The molecule has 0 bridgehead atoms. The van der Waals surface area contributed by atoms with Gasteiger partial charge in [-0.05, 0) is 45.1 Å². The van der Waals surface area contributed by atoms with Gasteiger partial charge in [-0.2, -0.15) is 0 Å². The van der Waals surface area contributed by atoms with Crippen LogP contribution in [0.25, 0.3) is 0 Å². The van der Waals surface area contributed by atoms with Crippen LogP contribution in [0.15, 0.2) is 0 Å². The molecule has 0 aromatic heterocycles. The van der Waals surface area contributed by atoms with Crippen molar-refractivity contribution in [1.29, 1.82) is 0 Å². The Hall–Kier alpha value is -0.570. The summed E-state index contributed by atoms with van der Waals surface area (Å²) in [6.07, 6.45) is 7.02. The lowest BCUT2D eigenvalue weighted by Gasteiger charge is -2.29. The molecule has 17 heavy (non-hydrogen) atoms. The maximum atomic E-state index is 12.1. The molecule has 3 nitrogen and oxygen atoms in total. The zero-order valence-corrected chi connectivity index (χ0v) is 11.1. The van der Waals surface area contributed by atoms with Crippen LogP contribution < -0.4 is 5.32 Å². The molecule has 1 N–H and O–H groups in total. The fourth-order valence-electron chi connectivity index (χ4n) is 3.15. The van der Waals surface area contributed by atoms with Crippen molar-refractivity contribution in [3.8, 4) is 0 Å². The number of rotatable bonds is 3. The van der Waals surface area contributed by atoms with E-state index in [-0.39, 0.29) is 24.0 Å². The highest BCUT2D eigenvalue weighted by molar-refractivity contribution is 5.73. The quantitative estimate of drug-likeness (QED) is 0.769. The van der Waals surface area contributed by atoms with E-state index in [2.05, 4.69) is 19.2 Å². The van der Waals surface area contributed by atoms with Crippen LogP contribution >= 0.6 is 0 Å². The normalized spacial score (nSPS) is 38.0. The molecular formula is C14H25NO2. The van der Waals surface area contributed by atoms with E-state index in [0.717, 1.165) is 31.7 Å². The van der Waals surface area contributed by atoms with Crippen LogP contribution in [0.4, 0.5) is 0 Å². The lowest BCUT2D eigenvalue weighted by Crippen LogP contribution is -2.33. The molecular weight excluding hydrogens is 214 g/mol. The van der Waals surface area contributed by atoms with E-state index in [4.69, 9.17) is 4.74 Å². The second-order valence-corrected chi connectivity index (χ2v) is 5.64. The van der Waals surface area contributed by atoms with Gasteiger partial charge < -0.3 is 10.1 Å². The van der Waals surface area contributed by atoms with E-state index in [1.165, 1.54) is 19.3 Å². The van der Waals surface area contributed by atoms with Crippen LogP contribution in [-0.4, -0.2) is 24.7 Å². The maximum Gasteiger partial charge on any atom is 0.310 e. The van der Waals surface area contributed by atoms with Gasteiger partial charge in [0.15, 0.2) is 0 Å². The first kappa shape index (κ1) is 12.9. The zero-order valence-electron chi connectivity index (χ0n) is 11.1. The van der Waals surface area contributed by atoms with Gasteiger partial charge in [0.1, 0.15) is 6.10 Å². The molecule has 1 saturated carbocycles. The van der Waals surface area contributed by atoms with Gasteiger partial charge in [0, 0.05) is 6.04 Å². The highest BCUT2D eigenvalue weighted by Gasteiger charge is 2.33. The van der Waals surface area contributed by atoms with Gasteiger partial charge in [0.05, 0.1) is 5.92 Å². The third-order valence-electron chi connectivity index (χ3n) is 4.42. The summed E-state index contributed by atoms with van der Waals surface area (Å²) in [5, 5.41) is 3.31. The van der Waals surface area contributed by atoms with E-state index in [0.29, 0.717) is 0 Å². The van der Waals surface area contributed by atoms with Crippen LogP contribution in [0.1, 0.15) is 52.4 Å². The number of hydrogen-bond donors (Lipinski definition) is 1. The summed E-state index contributed by atoms with van der Waals surface area (Å²) in [7, 11) is 0. The molecule has 2 fully saturated rings. The Balaban J connectivity index is 1.81. The molecule has 0 amide bonds. The van der Waals surface area contributed by atoms with Crippen molar-refractivity contribution in [3.63, 3.8) is 0 Å². The van der Waals surface area contributed by atoms with Crippen molar-refractivity contribution in [3.05, 3.63) is 0 Å². The second-order valence-electron chi connectivity index (χ2n) is 5.64. The Morgan fingerprint density at radius 1 is 1.35 bits per heavy atom. The molecule has 1 heterocycles. The average molecular weight is 239 g/mol. The van der Waals surface area contributed by atoms with E-state index in [1.807, 2.05) is 0 Å². The van der Waals surface area contributed by atoms with Gasteiger partial charge in [-0.1, -0.05) is 19.8 Å². The SMILES string of the molecule is CCC1CCCC(OC(=O)C2CCNC2C)C1. The molecule has 0 spiro atoms. The van der Waals surface area contributed by atoms with E-state index < -0.39 is 0 Å². The van der Waals surface area contributed by atoms with Crippen molar-refractivity contribution in [2.45, 2.75) is 64.5 Å². The summed E-state index contributed by atoms with van der Waals surface area (Å²) >= 11 is 0. The molecule has 1 saturated heterocycles. The monoisotopic (exact) mass is 239 g/mol. The topological polar surface area (TPSA) is 38.3 Å². The minimum Gasteiger partial charge on any atom is -0.462 e. The standard InChI is InChI=1S/C14H25NO2/c1-3-11-5-4-6-12(9-11)17-14(16)13-7-8-15-10(13)2/h10-13,15H,3-9H2,1-2H3. The lowest BCUT2D eigenvalue weighted by molar-refractivity contribution is -0.156. The molecule has 4 atom stereocenters. The Kier molecular flexibility index (Phi) is 4.43. The van der Waals surface area contributed by atoms with Crippen molar-refractivity contribution in [2.75, 3.05) is 6.54 Å². The van der Waals surface area contributed by atoms with Gasteiger partial charge >= 0.3 is 5.97 Å². The molecule has 2 rings (SSSR count). The van der Waals surface area contributed by atoms with Crippen LogP contribution in [0.5, 0.6) is 0 Å². The molecule has 4 unspecified atom stereocenters. The Bertz CT molecular complexity index is 267. The van der Waals surface area contributed by atoms with Gasteiger partial charge in [-0.25, -0.2) is 0 Å². The highest BCUT2D eigenvalue weighted by atomic mass is 16.5. The number of esters is 1. The van der Waals surface area contributed by atoms with Crippen molar-refractivity contribution < 1.29 is 9.53 Å². The minimum absolute atomic E-state index is 0.0317. The van der Waals surface area contributed by atoms with Crippen molar-refractivity contribution >= 4 is 5.97 Å². The predicted molar refractivity (Wildman–Crippen MR) is 67.7 cm³/mol. The lowest BCUT2D eigenvalue weighted by atomic mass is 9.85. The van der Waals surface area contributed by atoms with Gasteiger partial charge in [-0.3, -0.25) is 4.79 Å². The average Bonchev–Trinajstić information content (AvgIpc) is 2.76. The largest absolute Gasteiger partial charge is 0.462 e. The summed E-state index contributed by atoms with van der Waals surface area (Å²) < 4.78 is 5.70. The first-order valence-electron chi connectivity index (χ1n) is 7.14. The molecule has 0 radical (unpaired) electrons. The highest BCUT2D eigenvalue weighted by Crippen LogP contribution is 2.29. The van der Waals surface area contributed by atoms with Gasteiger partial charge in [0.2, 0.25) is 0 Å². The number of carbonyl (C=O) groups is 1. The smallest absolute Gasteiger partial charge is 0.310 e. The number of nitrogens with one attached hydrogen (secondary N) is 1. The predicted octanol–water partition coefficient (Wildman–Crippen LogP) is 2.50. The Labute approximate surface area is 104 Å². The molecule has 1 aliphatic heterocycles. The van der Waals surface area contributed by atoms with Gasteiger partial charge in [-0.15, -0.1) is 0 Å². The molecule has 98 valence electrons. The van der Waals surface area contributed by atoms with Crippen molar-refractivity contribution in [1.82, 2.24) is 5.32 Å². The molecule has 0 aromatic rings. The van der Waals surface area contributed by atoms with E-state index >= 15 is 0 Å². The van der Waals surface area contributed by atoms with E-state index in [1.54, 1.807) is 0 Å². The fourth-order valence-corrected chi connectivity index (χ4v) is 3.15. The Morgan fingerprint density at radius 2 is 2.18 bits per heavy atom. The van der Waals surface area contributed by atoms with Crippen LogP contribution in [-0.2, 0) is 9.53 Å². The summed E-state index contributed by atoms with van der Waals surface area (Å²) in [6, 6.07) is 0.285. The summed E-state index contributed by atoms with van der Waals surface area (Å²) in [4.78, 5) is 12.1. The molecule has 2 aliphatic rings. The zero-order chi connectivity index (χ0) is 12.3. The van der Waals surface area contributed by atoms with Crippen LogP contribution in [0.3, 0.4) is 0 Å². The van der Waals surface area contributed by atoms with E-state index in [9.17, 15) is 4.79 Å². The maximum absolute atomic E-state index is 12.1. The summed E-state index contributed by atoms with van der Waals surface area (Å²) in [5.41, 5.74) is 0. The summed E-state index contributed by atoms with van der Waals surface area (Å²) in [6.45, 7) is 5.26. The fraction of sp³-hybridized carbons (Fsp3) is 0.929. The minimum atomic E-state index is 0.0317. The molecule has 0 aromatic carbocycles. The van der Waals surface area contributed by atoms with Gasteiger partial charge in [0.25, 0.3) is 0 Å². The second kappa shape index (κ2) is 5.85. The van der Waals surface area contributed by atoms with Crippen LogP contribution in [0.2, 0.25) is 0 Å². The third-order valence-corrected chi connectivity index (χ3v) is 4.42. The number of ether oxygens (including phenoxy) is 1. The third kappa shape index (κ3) is 3.21. The summed E-state index contributed by atoms with van der Waals surface area (Å²) in [5.74, 6) is 0.877. The first-order chi connectivity index (χ1) is 8.20. The molecule has 3 heteroatoms. The number of carbonyl (C=O) groups excluding carboxylic acids is 1.